The summed E-state index contributed by atoms with van der Waals surface area (Å²) in [6.07, 6.45) is 1.64. The van der Waals surface area contributed by atoms with Crippen molar-refractivity contribution in [3.63, 3.8) is 0 Å². The fraction of sp³-hybridized carbons (Fsp3) is 0.273. The molecule has 5 nitrogen and oxygen atoms in total. The quantitative estimate of drug-likeness (QED) is 0.556. The van der Waals surface area contributed by atoms with Crippen molar-refractivity contribution in [2.24, 2.45) is 0 Å². The number of hydrogen-bond donors (Lipinski definition) is 1. The number of oxazole rings is 1. The average molecular weight is 397 g/mol. The lowest BCUT2D eigenvalue weighted by molar-refractivity contribution is -0.113. The maximum Gasteiger partial charge on any atom is 0.234 e. The fourth-order valence-electron chi connectivity index (χ4n) is 2.79. The van der Waals surface area contributed by atoms with Gasteiger partial charge in [0.25, 0.3) is 0 Å². The van der Waals surface area contributed by atoms with Gasteiger partial charge in [-0.15, -0.1) is 11.8 Å². The van der Waals surface area contributed by atoms with Crippen LogP contribution in [0.15, 0.2) is 59.2 Å². The number of amides is 1. The van der Waals surface area contributed by atoms with Crippen LogP contribution in [0.1, 0.15) is 31.0 Å². The van der Waals surface area contributed by atoms with Gasteiger partial charge in [0.15, 0.2) is 0 Å². The number of benzene rings is 2. The van der Waals surface area contributed by atoms with Crippen LogP contribution in [-0.4, -0.2) is 23.8 Å². The summed E-state index contributed by atoms with van der Waals surface area (Å²) < 4.78 is 10.7. The number of ether oxygens (including phenoxy) is 1. The summed E-state index contributed by atoms with van der Waals surface area (Å²) in [6, 6.07) is 15.5. The van der Waals surface area contributed by atoms with Crippen LogP contribution < -0.4 is 10.1 Å². The lowest BCUT2D eigenvalue weighted by Gasteiger charge is -2.13. The van der Waals surface area contributed by atoms with Crippen LogP contribution in [0.3, 0.4) is 0 Å². The molecule has 0 atom stereocenters. The molecule has 1 aromatic heterocycles. The van der Waals surface area contributed by atoms with Crippen molar-refractivity contribution in [3.05, 3.63) is 66.1 Å². The molecule has 1 amide bonds. The van der Waals surface area contributed by atoms with Crippen molar-refractivity contribution in [3.8, 4) is 17.2 Å². The van der Waals surface area contributed by atoms with Gasteiger partial charge in [0, 0.05) is 17.0 Å². The van der Waals surface area contributed by atoms with Gasteiger partial charge in [-0.1, -0.05) is 32.0 Å². The normalized spacial score (nSPS) is 10.9. The van der Waals surface area contributed by atoms with Crippen LogP contribution in [0, 0.1) is 0 Å². The molecule has 0 aliphatic carbocycles. The second-order valence-electron chi connectivity index (χ2n) is 6.66. The van der Waals surface area contributed by atoms with E-state index >= 15 is 0 Å². The number of thioether (sulfide) groups is 1. The first-order chi connectivity index (χ1) is 13.6. The largest absolute Gasteiger partial charge is 0.497 e. The molecule has 0 spiro atoms. The molecule has 1 heterocycles. The highest BCUT2D eigenvalue weighted by Gasteiger charge is 2.11. The van der Waals surface area contributed by atoms with E-state index in [-0.39, 0.29) is 5.91 Å². The number of anilines is 1. The Kier molecular flexibility index (Phi) is 6.76. The SMILES string of the molecule is COc1ccc(-c2nc(CSCC(=O)Nc3ccccc3C(C)C)co2)cc1. The molecule has 0 aliphatic rings. The van der Waals surface area contributed by atoms with E-state index in [2.05, 4.69) is 24.1 Å². The molecule has 6 heteroatoms. The first-order valence-electron chi connectivity index (χ1n) is 9.12. The number of nitrogens with one attached hydrogen (secondary N) is 1. The van der Waals surface area contributed by atoms with Gasteiger partial charge < -0.3 is 14.5 Å². The van der Waals surface area contributed by atoms with Crippen LogP contribution in [0.25, 0.3) is 11.5 Å². The van der Waals surface area contributed by atoms with E-state index < -0.39 is 0 Å². The summed E-state index contributed by atoms with van der Waals surface area (Å²) in [7, 11) is 1.63. The summed E-state index contributed by atoms with van der Waals surface area (Å²) >= 11 is 1.51. The number of hydrogen-bond acceptors (Lipinski definition) is 5. The molecule has 2 aromatic carbocycles. The van der Waals surface area contributed by atoms with Crippen LogP contribution in [0.2, 0.25) is 0 Å². The number of carbonyl (C=O) groups is 1. The summed E-state index contributed by atoms with van der Waals surface area (Å²) in [4.78, 5) is 16.8. The van der Waals surface area contributed by atoms with Crippen molar-refractivity contribution in [1.82, 2.24) is 4.98 Å². The second-order valence-corrected chi connectivity index (χ2v) is 7.64. The molecule has 0 unspecified atom stereocenters. The predicted molar refractivity (Wildman–Crippen MR) is 114 cm³/mol. The Labute approximate surface area is 169 Å². The Bertz CT molecular complexity index is 920. The van der Waals surface area contributed by atoms with E-state index in [1.54, 1.807) is 13.4 Å². The fourth-order valence-corrected chi connectivity index (χ4v) is 3.49. The smallest absolute Gasteiger partial charge is 0.234 e. The summed E-state index contributed by atoms with van der Waals surface area (Å²) in [6.45, 7) is 4.23. The molecule has 0 bridgehead atoms. The summed E-state index contributed by atoms with van der Waals surface area (Å²) in [5.74, 6) is 2.66. The molecular weight excluding hydrogens is 372 g/mol. The molecule has 28 heavy (non-hydrogen) atoms. The molecular formula is C22H24N2O3S. The maximum absolute atomic E-state index is 12.3. The van der Waals surface area contributed by atoms with Crippen molar-refractivity contribution >= 4 is 23.4 Å². The van der Waals surface area contributed by atoms with Gasteiger partial charge in [-0.25, -0.2) is 4.98 Å². The minimum atomic E-state index is -0.0167. The highest BCUT2D eigenvalue weighted by Crippen LogP contribution is 2.25. The lowest BCUT2D eigenvalue weighted by Crippen LogP contribution is -2.15. The van der Waals surface area contributed by atoms with Crippen molar-refractivity contribution in [2.75, 3.05) is 18.2 Å². The van der Waals surface area contributed by atoms with Gasteiger partial charge in [-0.3, -0.25) is 4.79 Å². The van der Waals surface area contributed by atoms with E-state index in [4.69, 9.17) is 9.15 Å². The zero-order chi connectivity index (χ0) is 19.9. The molecule has 146 valence electrons. The average Bonchev–Trinajstić information content (AvgIpc) is 3.17. The molecule has 0 saturated heterocycles. The Morgan fingerprint density at radius 2 is 1.93 bits per heavy atom. The van der Waals surface area contributed by atoms with Crippen LogP contribution in [0.5, 0.6) is 5.75 Å². The molecule has 3 rings (SSSR count). The summed E-state index contributed by atoms with van der Waals surface area (Å²) in [5, 5.41) is 3.00. The Balaban J connectivity index is 1.51. The van der Waals surface area contributed by atoms with Crippen LogP contribution >= 0.6 is 11.8 Å². The second kappa shape index (κ2) is 9.46. The minimum absolute atomic E-state index is 0.0167. The minimum Gasteiger partial charge on any atom is -0.497 e. The predicted octanol–water partition coefficient (Wildman–Crippen LogP) is 5.35. The highest BCUT2D eigenvalue weighted by molar-refractivity contribution is 7.99. The van der Waals surface area contributed by atoms with Gasteiger partial charge in [-0.05, 0) is 41.8 Å². The Morgan fingerprint density at radius 3 is 2.64 bits per heavy atom. The topological polar surface area (TPSA) is 64.4 Å². The number of rotatable bonds is 8. The van der Waals surface area contributed by atoms with Crippen molar-refractivity contribution < 1.29 is 13.9 Å². The molecule has 0 aliphatic heterocycles. The van der Waals surface area contributed by atoms with E-state index in [1.807, 2.05) is 48.5 Å². The number of carbonyl (C=O) groups excluding carboxylic acids is 1. The first kappa shape index (κ1) is 20.0. The zero-order valence-corrected chi connectivity index (χ0v) is 17.1. The van der Waals surface area contributed by atoms with E-state index in [1.165, 1.54) is 11.8 Å². The van der Waals surface area contributed by atoms with Crippen LogP contribution in [-0.2, 0) is 10.5 Å². The maximum atomic E-state index is 12.3. The molecule has 0 fully saturated rings. The molecule has 3 aromatic rings. The lowest BCUT2D eigenvalue weighted by atomic mass is 10.0. The first-order valence-corrected chi connectivity index (χ1v) is 10.3. The number of para-hydroxylation sites is 1. The third-order valence-electron chi connectivity index (χ3n) is 4.23. The van der Waals surface area contributed by atoms with Gasteiger partial charge >= 0.3 is 0 Å². The van der Waals surface area contributed by atoms with Gasteiger partial charge in [-0.2, -0.15) is 0 Å². The molecule has 0 radical (unpaired) electrons. The third-order valence-corrected chi connectivity index (χ3v) is 5.19. The zero-order valence-electron chi connectivity index (χ0n) is 16.3. The van der Waals surface area contributed by atoms with Gasteiger partial charge in [0.1, 0.15) is 12.0 Å². The third kappa shape index (κ3) is 5.16. The van der Waals surface area contributed by atoms with Crippen molar-refractivity contribution in [1.29, 1.82) is 0 Å². The molecule has 1 N–H and O–H groups in total. The standard InChI is InChI=1S/C22H24N2O3S/c1-15(2)19-6-4-5-7-20(19)24-21(25)14-28-13-17-12-27-22(23-17)16-8-10-18(26-3)11-9-16/h4-12,15H,13-14H2,1-3H3,(H,24,25). The Hall–Kier alpha value is -2.73. The van der Waals surface area contributed by atoms with Crippen LogP contribution in [0.4, 0.5) is 5.69 Å². The van der Waals surface area contributed by atoms with Crippen molar-refractivity contribution in [2.45, 2.75) is 25.5 Å². The van der Waals surface area contributed by atoms with E-state index in [9.17, 15) is 4.79 Å². The van der Waals surface area contributed by atoms with E-state index in [0.717, 1.165) is 28.3 Å². The number of aromatic nitrogens is 1. The summed E-state index contributed by atoms with van der Waals surface area (Å²) in [5.41, 5.74) is 3.72. The monoisotopic (exact) mass is 396 g/mol. The number of nitrogens with zero attached hydrogens (tertiary/aromatic N) is 1. The number of methoxy groups -OCH3 is 1. The highest BCUT2D eigenvalue weighted by atomic mass is 32.2. The van der Waals surface area contributed by atoms with Gasteiger partial charge in [0.05, 0.1) is 18.6 Å². The molecule has 0 saturated carbocycles. The van der Waals surface area contributed by atoms with E-state index in [0.29, 0.717) is 23.3 Å². The van der Waals surface area contributed by atoms with Gasteiger partial charge in [0.2, 0.25) is 11.8 Å². The Morgan fingerprint density at radius 1 is 1.18 bits per heavy atom.